The summed E-state index contributed by atoms with van der Waals surface area (Å²) < 4.78 is 0. The molecule has 4 heteroatoms. The molecule has 0 saturated heterocycles. The van der Waals surface area contributed by atoms with Crippen molar-refractivity contribution >= 4 is 5.57 Å². The molecule has 1 aromatic carbocycles. The lowest BCUT2D eigenvalue weighted by Gasteiger charge is -2.37. The fourth-order valence-electron chi connectivity index (χ4n) is 4.05. The molecule has 4 rings (SSSR count). The SMILES string of the molecule is C=C(c1ccc(Cc2ncn[nH]2)cn1)c1cc2c(cc1C)C(C)(C)C=CC2(C)C. The maximum atomic E-state index is 4.68. The Labute approximate surface area is 172 Å². The molecule has 0 saturated carbocycles. The number of pyridine rings is 1. The summed E-state index contributed by atoms with van der Waals surface area (Å²) in [7, 11) is 0. The van der Waals surface area contributed by atoms with Gasteiger partial charge in [0.2, 0.25) is 0 Å². The summed E-state index contributed by atoms with van der Waals surface area (Å²) >= 11 is 0. The molecule has 1 aliphatic rings. The number of aromatic amines is 1. The Hall–Kier alpha value is -3.01. The molecule has 0 fully saturated rings. The van der Waals surface area contributed by atoms with Gasteiger partial charge in [0.1, 0.15) is 12.2 Å². The normalized spacial score (nSPS) is 16.4. The third kappa shape index (κ3) is 3.55. The highest BCUT2D eigenvalue weighted by Gasteiger charge is 2.33. The van der Waals surface area contributed by atoms with Gasteiger partial charge >= 0.3 is 0 Å². The Morgan fingerprint density at radius 3 is 2.28 bits per heavy atom. The number of benzene rings is 1. The lowest BCUT2D eigenvalue weighted by atomic mass is 9.67. The highest BCUT2D eigenvalue weighted by Crippen LogP contribution is 2.43. The summed E-state index contributed by atoms with van der Waals surface area (Å²) in [4.78, 5) is 8.85. The summed E-state index contributed by atoms with van der Waals surface area (Å²) in [6, 6.07) is 8.78. The number of fused-ring (bicyclic) bond motifs is 1. The fourth-order valence-corrected chi connectivity index (χ4v) is 4.05. The maximum absolute atomic E-state index is 4.68. The number of rotatable bonds is 4. The van der Waals surface area contributed by atoms with Gasteiger partial charge in [-0.15, -0.1) is 0 Å². The van der Waals surface area contributed by atoms with Crippen molar-refractivity contribution in [2.75, 3.05) is 0 Å². The van der Waals surface area contributed by atoms with Crippen LogP contribution in [0.25, 0.3) is 5.57 Å². The largest absolute Gasteiger partial charge is 0.263 e. The summed E-state index contributed by atoms with van der Waals surface area (Å²) in [6.07, 6.45) is 8.77. The van der Waals surface area contributed by atoms with Gasteiger partial charge in [0.25, 0.3) is 0 Å². The van der Waals surface area contributed by atoms with Gasteiger partial charge in [0.15, 0.2) is 0 Å². The van der Waals surface area contributed by atoms with E-state index < -0.39 is 0 Å². The zero-order valence-electron chi connectivity index (χ0n) is 17.9. The summed E-state index contributed by atoms with van der Waals surface area (Å²) in [5.41, 5.74) is 8.16. The topological polar surface area (TPSA) is 54.5 Å². The van der Waals surface area contributed by atoms with E-state index in [2.05, 4.69) is 91.7 Å². The molecule has 148 valence electrons. The average molecular weight is 385 g/mol. The number of aromatic nitrogens is 4. The van der Waals surface area contributed by atoms with Crippen molar-refractivity contribution in [3.63, 3.8) is 0 Å². The van der Waals surface area contributed by atoms with E-state index in [0.29, 0.717) is 6.42 Å². The minimum absolute atomic E-state index is 0.00193. The lowest BCUT2D eigenvalue weighted by Crippen LogP contribution is -2.29. The third-order valence-electron chi connectivity index (χ3n) is 5.97. The molecule has 0 unspecified atom stereocenters. The van der Waals surface area contributed by atoms with E-state index in [-0.39, 0.29) is 10.8 Å². The van der Waals surface area contributed by atoms with Crippen molar-refractivity contribution in [1.82, 2.24) is 20.2 Å². The second kappa shape index (κ2) is 6.80. The van der Waals surface area contributed by atoms with Crippen molar-refractivity contribution < 1.29 is 0 Å². The van der Waals surface area contributed by atoms with Crippen LogP contribution in [0.1, 0.15) is 67.0 Å². The van der Waals surface area contributed by atoms with Gasteiger partial charge in [-0.25, -0.2) is 4.98 Å². The number of nitrogens with zero attached hydrogens (tertiary/aromatic N) is 3. The number of allylic oxidation sites excluding steroid dienone is 2. The predicted octanol–water partition coefficient (Wildman–Crippen LogP) is 5.29. The monoisotopic (exact) mass is 384 g/mol. The average Bonchev–Trinajstić information content (AvgIpc) is 3.18. The molecular formula is C25H28N4. The van der Waals surface area contributed by atoms with E-state index in [0.717, 1.165) is 22.7 Å². The van der Waals surface area contributed by atoms with Gasteiger partial charge in [0.05, 0.1) is 5.69 Å². The Kier molecular flexibility index (Phi) is 4.53. The van der Waals surface area contributed by atoms with Gasteiger partial charge < -0.3 is 0 Å². The van der Waals surface area contributed by atoms with Crippen LogP contribution in [0.2, 0.25) is 0 Å². The van der Waals surface area contributed by atoms with Gasteiger partial charge in [-0.1, -0.05) is 58.6 Å². The Morgan fingerprint density at radius 1 is 1.00 bits per heavy atom. The van der Waals surface area contributed by atoms with Gasteiger partial charge in [-0.05, 0) is 46.9 Å². The first-order chi connectivity index (χ1) is 13.7. The fraction of sp³-hybridized carbons (Fsp3) is 0.320. The molecular weight excluding hydrogens is 356 g/mol. The van der Waals surface area contributed by atoms with Crippen LogP contribution in [0.4, 0.5) is 0 Å². The quantitative estimate of drug-likeness (QED) is 0.622. The van der Waals surface area contributed by atoms with Crippen molar-refractivity contribution in [3.8, 4) is 0 Å². The molecule has 1 aliphatic carbocycles. The Morgan fingerprint density at radius 2 is 1.69 bits per heavy atom. The summed E-state index contributed by atoms with van der Waals surface area (Å²) in [5, 5.41) is 6.78. The third-order valence-corrected chi connectivity index (χ3v) is 5.97. The number of hydrogen-bond acceptors (Lipinski definition) is 3. The Balaban J connectivity index is 1.68. The van der Waals surface area contributed by atoms with Crippen LogP contribution in [0.3, 0.4) is 0 Å². The molecule has 0 spiro atoms. The zero-order chi connectivity index (χ0) is 20.8. The van der Waals surface area contributed by atoms with Crippen LogP contribution >= 0.6 is 0 Å². The molecule has 0 radical (unpaired) electrons. The lowest BCUT2D eigenvalue weighted by molar-refractivity contribution is 0.562. The first-order valence-corrected chi connectivity index (χ1v) is 10.0. The van der Waals surface area contributed by atoms with Crippen LogP contribution in [-0.4, -0.2) is 20.2 Å². The summed E-state index contributed by atoms with van der Waals surface area (Å²) in [6.45, 7) is 15.7. The number of aryl methyl sites for hydroxylation is 1. The molecule has 0 atom stereocenters. The minimum Gasteiger partial charge on any atom is -0.263 e. The van der Waals surface area contributed by atoms with Gasteiger partial charge in [-0.2, -0.15) is 5.10 Å². The molecule has 2 heterocycles. The first-order valence-electron chi connectivity index (χ1n) is 10.0. The van der Waals surface area contributed by atoms with Crippen LogP contribution in [-0.2, 0) is 17.3 Å². The highest BCUT2D eigenvalue weighted by atomic mass is 15.2. The number of H-pyrrole nitrogens is 1. The van der Waals surface area contributed by atoms with E-state index in [1.807, 2.05) is 12.3 Å². The maximum Gasteiger partial charge on any atom is 0.137 e. The summed E-state index contributed by atoms with van der Waals surface area (Å²) in [5.74, 6) is 0.835. The van der Waals surface area contributed by atoms with E-state index in [1.54, 1.807) is 0 Å². The smallest absolute Gasteiger partial charge is 0.137 e. The molecule has 29 heavy (non-hydrogen) atoms. The zero-order valence-corrected chi connectivity index (χ0v) is 17.9. The molecule has 1 N–H and O–H groups in total. The highest BCUT2D eigenvalue weighted by molar-refractivity contribution is 5.79. The molecule has 0 amide bonds. The van der Waals surface area contributed by atoms with Crippen molar-refractivity contribution in [2.45, 2.75) is 51.9 Å². The van der Waals surface area contributed by atoms with Crippen LogP contribution in [0.5, 0.6) is 0 Å². The number of hydrogen-bond donors (Lipinski definition) is 1. The second-order valence-electron chi connectivity index (χ2n) is 9.13. The second-order valence-corrected chi connectivity index (χ2v) is 9.13. The van der Waals surface area contributed by atoms with E-state index in [1.165, 1.54) is 28.6 Å². The van der Waals surface area contributed by atoms with Crippen LogP contribution < -0.4 is 0 Å². The molecule has 0 bridgehead atoms. The standard InChI is InChI=1S/C25H28N4/c1-16-11-20-21(25(5,6)10-9-24(20,3)4)13-19(16)17(2)22-8-7-18(14-26-22)12-23-27-15-28-29-23/h7-11,13-15H,2,12H2,1,3-6H3,(H,27,28,29). The van der Waals surface area contributed by atoms with Crippen molar-refractivity contribution in [3.05, 3.63) is 94.9 Å². The van der Waals surface area contributed by atoms with E-state index in [4.69, 9.17) is 0 Å². The van der Waals surface area contributed by atoms with Gasteiger partial charge in [-0.3, -0.25) is 10.1 Å². The van der Waals surface area contributed by atoms with Crippen molar-refractivity contribution in [1.29, 1.82) is 0 Å². The van der Waals surface area contributed by atoms with E-state index in [9.17, 15) is 0 Å². The predicted molar refractivity (Wildman–Crippen MR) is 118 cm³/mol. The molecule has 0 aliphatic heterocycles. The Bertz CT molecular complexity index is 1080. The number of nitrogens with one attached hydrogen (secondary N) is 1. The van der Waals surface area contributed by atoms with Crippen LogP contribution in [0.15, 0.2) is 55.5 Å². The molecule has 2 aromatic heterocycles. The molecule has 3 aromatic rings. The van der Waals surface area contributed by atoms with E-state index >= 15 is 0 Å². The van der Waals surface area contributed by atoms with Crippen LogP contribution in [0, 0.1) is 6.92 Å². The van der Waals surface area contributed by atoms with Crippen molar-refractivity contribution in [2.24, 2.45) is 0 Å². The first kappa shape index (κ1) is 19.3. The van der Waals surface area contributed by atoms with Gasteiger partial charge in [0, 0.05) is 29.0 Å². The minimum atomic E-state index is 0.00193. The molecule has 4 nitrogen and oxygen atoms in total.